The molecule has 15 heavy (non-hydrogen) atoms. The Bertz CT molecular complexity index is 365. The molecule has 0 aromatic carbocycles. The highest BCUT2D eigenvalue weighted by atomic mass is 19.4. The Morgan fingerprint density at radius 1 is 1.53 bits per heavy atom. The zero-order valence-electron chi connectivity index (χ0n) is 7.38. The number of nitrogens with one attached hydrogen (secondary N) is 1. The maximum atomic E-state index is 11.8. The first-order valence-electron chi connectivity index (χ1n) is 3.87. The van der Waals surface area contributed by atoms with Gasteiger partial charge in [0.1, 0.15) is 5.82 Å². The predicted octanol–water partition coefficient (Wildman–Crippen LogP) is 1.07. The molecule has 2 N–H and O–H groups in total. The number of hydrogen-bond donors (Lipinski definition) is 2. The van der Waals surface area contributed by atoms with Crippen LogP contribution in [-0.4, -0.2) is 22.2 Å². The molecule has 0 saturated carbocycles. The minimum Gasteiger partial charge on any atom is -0.392 e. The predicted molar refractivity (Wildman–Crippen MR) is 44.8 cm³/mol. The van der Waals surface area contributed by atoms with Gasteiger partial charge in [-0.1, -0.05) is 0 Å². The molecule has 0 spiro atoms. The summed E-state index contributed by atoms with van der Waals surface area (Å²) in [7, 11) is 0. The van der Waals surface area contributed by atoms with Crippen molar-refractivity contribution in [1.82, 2.24) is 4.98 Å². The molecule has 0 aliphatic carbocycles. The van der Waals surface area contributed by atoms with Crippen LogP contribution in [0.3, 0.4) is 0 Å². The molecule has 0 unspecified atom stereocenters. The van der Waals surface area contributed by atoms with Gasteiger partial charge in [0.25, 0.3) is 0 Å². The first-order valence-corrected chi connectivity index (χ1v) is 3.87. The number of rotatable bonds is 2. The van der Waals surface area contributed by atoms with E-state index in [2.05, 4.69) is 4.98 Å². The fraction of sp³-hybridized carbons (Fsp3) is 0.250. The molecule has 0 atom stereocenters. The van der Waals surface area contributed by atoms with Gasteiger partial charge in [-0.2, -0.15) is 13.2 Å². The lowest BCUT2D eigenvalue weighted by molar-refractivity contribution is -0.167. The van der Waals surface area contributed by atoms with Gasteiger partial charge in [-0.15, -0.1) is 0 Å². The minimum atomic E-state index is -4.95. The third kappa shape index (κ3) is 3.21. The third-order valence-electron chi connectivity index (χ3n) is 1.51. The van der Waals surface area contributed by atoms with Crippen molar-refractivity contribution in [2.75, 3.05) is 5.32 Å². The van der Waals surface area contributed by atoms with Gasteiger partial charge in [0.2, 0.25) is 0 Å². The normalized spacial score (nSPS) is 11.2. The molecular formula is C8H7F3N2O2. The van der Waals surface area contributed by atoms with Gasteiger partial charge in [0.15, 0.2) is 0 Å². The zero-order valence-corrected chi connectivity index (χ0v) is 7.38. The highest BCUT2D eigenvalue weighted by Crippen LogP contribution is 2.17. The number of aromatic nitrogens is 1. The highest BCUT2D eigenvalue weighted by Gasteiger charge is 2.38. The summed E-state index contributed by atoms with van der Waals surface area (Å²) in [6.45, 7) is -0.336. The summed E-state index contributed by atoms with van der Waals surface area (Å²) in [6, 6.07) is 2.58. The number of pyridine rings is 1. The second kappa shape index (κ2) is 4.26. The van der Waals surface area contributed by atoms with Gasteiger partial charge in [0, 0.05) is 6.20 Å². The molecule has 0 bridgehead atoms. The molecule has 1 aromatic heterocycles. The summed E-state index contributed by atoms with van der Waals surface area (Å²) < 4.78 is 35.5. The number of anilines is 1. The third-order valence-corrected chi connectivity index (χ3v) is 1.51. The second-order valence-corrected chi connectivity index (χ2v) is 2.66. The highest BCUT2D eigenvalue weighted by molar-refractivity contribution is 5.94. The molecule has 4 nitrogen and oxygen atoms in total. The number of halogens is 3. The Balaban J connectivity index is 2.77. The summed E-state index contributed by atoms with van der Waals surface area (Å²) in [5, 5.41) is 10.3. The molecule has 1 heterocycles. The van der Waals surface area contributed by atoms with Gasteiger partial charge >= 0.3 is 12.1 Å². The lowest BCUT2D eigenvalue weighted by Crippen LogP contribution is -2.30. The van der Waals surface area contributed by atoms with Crippen LogP contribution >= 0.6 is 0 Å². The number of amides is 1. The van der Waals surface area contributed by atoms with Crippen molar-refractivity contribution < 1.29 is 23.1 Å². The van der Waals surface area contributed by atoms with Crippen LogP contribution in [0.1, 0.15) is 5.56 Å². The number of nitrogens with zero attached hydrogens (tertiary/aromatic N) is 1. The van der Waals surface area contributed by atoms with Crippen LogP contribution in [0.25, 0.3) is 0 Å². The molecule has 0 aliphatic heterocycles. The number of alkyl halides is 3. The van der Waals surface area contributed by atoms with Crippen LogP contribution in [0.2, 0.25) is 0 Å². The topological polar surface area (TPSA) is 62.2 Å². The Labute approximate surface area is 82.7 Å². The molecule has 0 radical (unpaired) electrons. The van der Waals surface area contributed by atoms with E-state index in [9.17, 15) is 18.0 Å². The largest absolute Gasteiger partial charge is 0.471 e. The Kier molecular flexibility index (Phi) is 3.25. The van der Waals surface area contributed by atoms with Crippen LogP contribution in [0, 0.1) is 0 Å². The van der Waals surface area contributed by atoms with Crippen LogP contribution in [-0.2, 0) is 11.4 Å². The maximum absolute atomic E-state index is 11.8. The van der Waals surface area contributed by atoms with E-state index in [0.717, 1.165) is 6.07 Å². The van der Waals surface area contributed by atoms with Crippen molar-refractivity contribution in [1.29, 1.82) is 0 Å². The summed E-state index contributed by atoms with van der Waals surface area (Å²) >= 11 is 0. The smallest absolute Gasteiger partial charge is 0.392 e. The second-order valence-electron chi connectivity index (χ2n) is 2.66. The van der Waals surface area contributed by atoms with Crippen molar-refractivity contribution in [2.45, 2.75) is 12.8 Å². The molecule has 0 saturated heterocycles. The summed E-state index contributed by atoms with van der Waals surface area (Å²) in [4.78, 5) is 14.0. The standard InChI is InChI=1S/C8H7F3N2O2/c9-8(10,11)7(15)13-6-3-5(4-14)1-2-12-6/h1-3,14H,4H2,(H,12,13,15). The lowest BCUT2D eigenvalue weighted by atomic mass is 10.3. The van der Waals surface area contributed by atoms with Gasteiger partial charge in [-0.05, 0) is 17.7 Å². The van der Waals surface area contributed by atoms with Gasteiger partial charge in [-0.3, -0.25) is 4.79 Å². The van der Waals surface area contributed by atoms with Gasteiger partial charge in [-0.25, -0.2) is 4.98 Å². The van der Waals surface area contributed by atoms with E-state index < -0.39 is 12.1 Å². The van der Waals surface area contributed by atoms with E-state index >= 15 is 0 Å². The fourth-order valence-electron chi connectivity index (χ4n) is 0.828. The first-order chi connectivity index (χ1) is 6.93. The van der Waals surface area contributed by atoms with Crippen molar-refractivity contribution in [3.8, 4) is 0 Å². The van der Waals surface area contributed by atoms with Crippen molar-refractivity contribution in [2.24, 2.45) is 0 Å². The SMILES string of the molecule is O=C(Nc1cc(CO)ccn1)C(F)(F)F. The van der Waals surface area contributed by atoms with E-state index in [-0.39, 0.29) is 12.4 Å². The Morgan fingerprint density at radius 2 is 2.20 bits per heavy atom. The molecule has 1 rings (SSSR count). The van der Waals surface area contributed by atoms with Crippen molar-refractivity contribution in [3.63, 3.8) is 0 Å². The summed E-state index contributed by atoms with van der Waals surface area (Å²) in [6.07, 6.45) is -3.76. The molecule has 1 aromatic rings. The number of carbonyl (C=O) groups excluding carboxylic acids is 1. The van der Waals surface area contributed by atoms with E-state index in [0.29, 0.717) is 5.56 Å². The molecule has 7 heteroatoms. The first kappa shape index (κ1) is 11.4. The summed E-state index contributed by atoms with van der Waals surface area (Å²) in [5.41, 5.74) is 0.363. The molecule has 82 valence electrons. The Hall–Kier alpha value is -1.63. The Morgan fingerprint density at radius 3 is 2.73 bits per heavy atom. The quantitative estimate of drug-likeness (QED) is 0.783. The molecule has 0 aliphatic rings. The van der Waals surface area contributed by atoms with E-state index in [1.165, 1.54) is 12.3 Å². The molecule has 1 amide bonds. The average molecular weight is 220 g/mol. The van der Waals surface area contributed by atoms with E-state index in [1.807, 2.05) is 0 Å². The number of aliphatic hydroxyl groups is 1. The zero-order chi connectivity index (χ0) is 11.5. The molecule has 0 fully saturated rings. The monoisotopic (exact) mass is 220 g/mol. The minimum absolute atomic E-state index is 0.246. The van der Waals surface area contributed by atoms with E-state index in [4.69, 9.17) is 5.11 Å². The number of aliphatic hydroxyl groups excluding tert-OH is 1. The lowest BCUT2D eigenvalue weighted by Gasteiger charge is -2.07. The fourth-order valence-corrected chi connectivity index (χ4v) is 0.828. The number of hydrogen-bond acceptors (Lipinski definition) is 3. The van der Waals surface area contributed by atoms with Gasteiger partial charge in [0.05, 0.1) is 6.61 Å². The van der Waals surface area contributed by atoms with Crippen molar-refractivity contribution >= 4 is 11.7 Å². The van der Waals surface area contributed by atoms with Crippen LogP contribution < -0.4 is 5.32 Å². The average Bonchev–Trinajstić information content (AvgIpc) is 2.16. The van der Waals surface area contributed by atoms with Gasteiger partial charge < -0.3 is 10.4 Å². The van der Waals surface area contributed by atoms with E-state index in [1.54, 1.807) is 5.32 Å². The van der Waals surface area contributed by atoms with Crippen LogP contribution in [0.4, 0.5) is 19.0 Å². The molecular weight excluding hydrogens is 213 g/mol. The van der Waals surface area contributed by atoms with Crippen molar-refractivity contribution in [3.05, 3.63) is 23.9 Å². The maximum Gasteiger partial charge on any atom is 0.471 e. The van der Waals surface area contributed by atoms with Crippen LogP contribution in [0.15, 0.2) is 18.3 Å². The van der Waals surface area contributed by atoms with Crippen LogP contribution in [0.5, 0.6) is 0 Å². The number of carbonyl (C=O) groups is 1. The summed E-state index contributed by atoms with van der Waals surface area (Å²) in [5.74, 6) is -2.34.